The number of fused-ring (bicyclic) bond motifs is 1. The number of carbonyl (C=O) groups excluding carboxylic acids is 3. The van der Waals surface area contributed by atoms with E-state index in [-0.39, 0.29) is 38.1 Å². The van der Waals surface area contributed by atoms with Crippen molar-refractivity contribution >= 4 is 23.5 Å². The van der Waals surface area contributed by atoms with E-state index < -0.39 is 35.0 Å². The summed E-state index contributed by atoms with van der Waals surface area (Å²) in [5.41, 5.74) is 0.709. The molecular weight excluding hydrogens is 496 g/mol. The van der Waals surface area contributed by atoms with Gasteiger partial charge in [-0.3, -0.25) is 14.4 Å². The Bertz CT molecular complexity index is 1130. The van der Waals surface area contributed by atoms with Crippen LogP contribution in [-0.4, -0.2) is 71.3 Å². The Morgan fingerprint density at radius 1 is 1.23 bits per heavy atom. The molecule has 212 valence electrons. The highest BCUT2D eigenvalue weighted by Gasteiger charge is 2.79. The maximum Gasteiger partial charge on any atom is 0.312 e. The van der Waals surface area contributed by atoms with Gasteiger partial charge in [-0.25, -0.2) is 0 Å². The number of hydrogen-bond acceptors (Lipinski definition) is 6. The molecule has 3 heterocycles. The van der Waals surface area contributed by atoms with Gasteiger partial charge in [0, 0.05) is 25.4 Å². The second-order valence-electron chi connectivity index (χ2n) is 11.1. The lowest BCUT2D eigenvalue weighted by atomic mass is 9.65. The first kappa shape index (κ1) is 29.0. The molecule has 0 radical (unpaired) electrons. The largest absolute Gasteiger partial charge is 0.465 e. The minimum absolute atomic E-state index is 0.121. The van der Waals surface area contributed by atoms with Crippen molar-refractivity contribution in [2.45, 2.75) is 76.5 Å². The number of allylic oxidation sites excluding steroid dienone is 1. The second-order valence-corrected chi connectivity index (χ2v) is 11.1. The maximum atomic E-state index is 14.6. The lowest BCUT2D eigenvalue weighted by Gasteiger charge is -2.37. The molecule has 5 atom stereocenters. The number of aliphatic hydroxyl groups is 1. The standard InChI is InChI=1S/C31H42N2O6/c1-6-9-10-19-38-29(37)25-24-27(35)33(17-11-18-34)26(31(24)15-14-30(25,8-3)39-31)28(36)32(16-7-2)23-20-21(4)12-13-22(23)5/h6-7,12-13,20,24-26,34H,1-2,8-11,14-19H2,3-5H3/t24-,25+,26?,30-,31?/m0/s1. The summed E-state index contributed by atoms with van der Waals surface area (Å²) in [4.78, 5) is 45.5. The first-order valence-electron chi connectivity index (χ1n) is 14.1. The number of amides is 2. The molecule has 3 aliphatic rings. The molecule has 3 aliphatic heterocycles. The van der Waals surface area contributed by atoms with Gasteiger partial charge in [0.2, 0.25) is 5.91 Å². The van der Waals surface area contributed by atoms with E-state index in [0.717, 1.165) is 23.2 Å². The minimum atomic E-state index is -1.14. The first-order chi connectivity index (χ1) is 18.7. The summed E-state index contributed by atoms with van der Waals surface area (Å²) < 4.78 is 12.5. The minimum Gasteiger partial charge on any atom is -0.465 e. The number of aliphatic hydroxyl groups excluding tert-OH is 1. The zero-order valence-electron chi connectivity index (χ0n) is 23.5. The Balaban J connectivity index is 1.77. The van der Waals surface area contributed by atoms with Crippen LogP contribution in [0.3, 0.4) is 0 Å². The summed E-state index contributed by atoms with van der Waals surface area (Å²) in [5.74, 6) is -2.56. The van der Waals surface area contributed by atoms with Gasteiger partial charge in [-0.2, -0.15) is 0 Å². The molecule has 1 spiro atoms. The van der Waals surface area contributed by atoms with Gasteiger partial charge in [0.15, 0.2) is 0 Å². The Morgan fingerprint density at radius 2 is 2.00 bits per heavy atom. The van der Waals surface area contributed by atoms with Crippen molar-refractivity contribution in [3.63, 3.8) is 0 Å². The molecule has 2 unspecified atom stereocenters. The van der Waals surface area contributed by atoms with Crippen LogP contribution in [0.25, 0.3) is 0 Å². The van der Waals surface area contributed by atoms with Crippen LogP contribution in [0, 0.1) is 25.7 Å². The van der Waals surface area contributed by atoms with E-state index in [9.17, 15) is 19.5 Å². The molecule has 4 rings (SSSR count). The van der Waals surface area contributed by atoms with E-state index in [4.69, 9.17) is 9.47 Å². The average Bonchev–Trinajstić information content (AvgIpc) is 3.53. The van der Waals surface area contributed by atoms with Gasteiger partial charge < -0.3 is 24.4 Å². The Kier molecular flexibility index (Phi) is 8.66. The van der Waals surface area contributed by atoms with Gasteiger partial charge in [0.1, 0.15) is 17.6 Å². The van der Waals surface area contributed by atoms with E-state index in [1.165, 1.54) is 0 Å². The summed E-state index contributed by atoms with van der Waals surface area (Å²) >= 11 is 0. The number of likely N-dealkylation sites (tertiary alicyclic amines) is 1. The van der Waals surface area contributed by atoms with Crippen molar-refractivity contribution in [3.8, 4) is 0 Å². The molecule has 2 bridgehead atoms. The quantitative estimate of drug-likeness (QED) is 0.233. The molecule has 0 saturated carbocycles. The van der Waals surface area contributed by atoms with Crippen molar-refractivity contribution in [1.82, 2.24) is 4.90 Å². The fourth-order valence-electron chi connectivity index (χ4n) is 6.92. The Labute approximate surface area is 231 Å². The highest BCUT2D eigenvalue weighted by atomic mass is 16.6. The predicted molar refractivity (Wildman–Crippen MR) is 149 cm³/mol. The molecule has 1 aromatic rings. The topological polar surface area (TPSA) is 96.4 Å². The number of hydrogen-bond donors (Lipinski definition) is 1. The molecule has 8 heteroatoms. The van der Waals surface area contributed by atoms with Crippen LogP contribution in [-0.2, 0) is 23.9 Å². The summed E-state index contributed by atoms with van der Waals surface area (Å²) in [6.07, 6.45) is 6.75. The molecule has 1 N–H and O–H groups in total. The Hall–Kier alpha value is -2.97. The summed E-state index contributed by atoms with van der Waals surface area (Å²) in [6, 6.07) is 5.01. The molecule has 2 amide bonds. The fourth-order valence-corrected chi connectivity index (χ4v) is 6.92. The molecule has 8 nitrogen and oxygen atoms in total. The van der Waals surface area contributed by atoms with Crippen LogP contribution in [0.5, 0.6) is 0 Å². The van der Waals surface area contributed by atoms with Gasteiger partial charge in [-0.05, 0) is 69.6 Å². The molecule has 0 aromatic heterocycles. The highest BCUT2D eigenvalue weighted by molar-refractivity contribution is 6.05. The van der Waals surface area contributed by atoms with Gasteiger partial charge in [0.25, 0.3) is 5.91 Å². The number of anilines is 1. The number of unbranched alkanes of at least 4 members (excludes halogenated alkanes) is 1. The molecule has 1 aromatic carbocycles. The number of nitrogens with zero attached hydrogens (tertiary/aromatic N) is 2. The van der Waals surface area contributed by atoms with Crippen LogP contribution in [0.1, 0.15) is 56.6 Å². The van der Waals surface area contributed by atoms with Gasteiger partial charge in [-0.1, -0.05) is 31.2 Å². The second kappa shape index (κ2) is 11.6. The SMILES string of the molecule is C=CCCCOC(=O)[C@H]1[C@H]2C(=O)N(CCCO)C(C(=O)N(CC=C)c3cc(C)ccc3C)C23CC[C@]1(CC)O3. The van der Waals surface area contributed by atoms with Crippen LogP contribution in [0.2, 0.25) is 0 Å². The van der Waals surface area contributed by atoms with E-state index in [1.807, 2.05) is 39.0 Å². The molecule has 39 heavy (non-hydrogen) atoms. The monoisotopic (exact) mass is 538 g/mol. The number of ether oxygens (including phenoxy) is 2. The molecular formula is C31H42N2O6. The predicted octanol–water partition coefficient (Wildman–Crippen LogP) is 3.87. The maximum absolute atomic E-state index is 14.6. The summed E-state index contributed by atoms with van der Waals surface area (Å²) in [5, 5.41) is 9.61. The highest BCUT2D eigenvalue weighted by Crippen LogP contribution is 2.64. The number of carbonyl (C=O) groups is 3. The zero-order chi connectivity index (χ0) is 28.4. The smallest absolute Gasteiger partial charge is 0.312 e. The average molecular weight is 539 g/mol. The third-order valence-corrected chi connectivity index (χ3v) is 8.76. The van der Waals surface area contributed by atoms with Crippen molar-refractivity contribution in [1.29, 1.82) is 0 Å². The van der Waals surface area contributed by atoms with E-state index in [1.54, 1.807) is 22.0 Å². The van der Waals surface area contributed by atoms with Gasteiger partial charge >= 0.3 is 5.97 Å². The summed E-state index contributed by atoms with van der Waals surface area (Å²) in [6.45, 7) is 14.0. The molecule has 3 saturated heterocycles. The number of benzene rings is 1. The lowest BCUT2D eigenvalue weighted by molar-refractivity contribution is -0.161. The van der Waals surface area contributed by atoms with Crippen LogP contribution < -0.4 is 4.90 Å². The summed E-state index contributed by atoms with van der Waals surface area (Å²) in [7, 11) is 0. The van der Waals surface area contributed by atoms with Crippen LogP contribution in [0.15, 0.2) is 43.5 Å². The Morgan fingerprint density at radius 3 is 2.67 bits per heavy atom. The van der Waals surface area contributed by atoms with E-state index in [0.29, 0.717) is 32.1 Å². The lowest BCUT2D eigenvalue weighted by Crippen LogP contribution is -2.56. The van der Waals surface area contributed by atoms with E-state index >= 15 is 0 Å². The van der Waals surface area contributed by atoms with Crippen molar-refractivity contribution in [3.05, 3.63) is 54.6 Å². The first-order valence-corrected chi connectivity index (χ1v) is 14.1. The third-order valence-electron chi connectivity index (χ3n) is 8.76. The fraction of sp³-hybridized carbons (Fsp3) is 0.581. The van der Waals surface area contributed by atoms with Crippen LogP contribution in [0.4, 0.5) is 5.69 Å². The normalized spacial score (nSPS) is 28.9. The van der Waals surface area contributed by atoms with Crippen molar-refractivity contribution < 1.29 is 29.0 Å². The zero-order valence-corrected chi connectivity index (χ0v) is 23.5. The van der Waals surface area contributed by atoms with E-state index in [2.05, 4.69) is 13.2 Å². The van der Waals surface area contributed by atoms with Crippen molar-refractivity contribution in [2.24, 2.45) is 11.8 Å². The molecule has 3 fully saturated rings. The van der Waals surface area contributed by atoms with Crippen LogP contribution >= 0.6 is 0 Å². The number of aryl methyl sites for hydroxylation is 2. The van der Waals surface area contributed by atoms with Gasteiger partial charge in [0.05, 0.1) is 18.1 Å². The van der Waals surface area contributed by atoms with Gasteiger partial charge in [-0.15, -0.1) is 13.2 Å². The molecule has 0 aliphatic carbocycles. The third kappa shape index (κ3) is 4.82. The number of esters is 1. The van der Waals surface area contributed by atoms with Crippen molar-refractivity contribution in [2.75, 3.05) is 31.2 Å². The number of rotatable bonds is 13.